The van der Waals surface area contributed by atoms with Gasteiger partial charge >= 0.3 is 0 Å². The Morgan fingerprint density at radius 1 is 1.09 bits per heavy atom. The van der Waals surface area contributed by atoms with E-state index in [9.17, 15) is 0 Å². The van der Waals surface area contributed by atoms with Gasteiger partial charge in [0.05, 0.1) is 26.9 Å². The maximum Gasteiger partial charge on any atom is 0.161 e. The molecule has 1 fully saturated rings. The van der Waals surface area contributed by atoms with Gasteiger partial charge in [0.25, 0.3) is 0 Å². The summed E-state index contributed by atoms with van der Waals surface area (Å²) in [6.45, 7) is 12.3. The van der Waals surface area contributed by atoms with E-state index in [-0.39, 0.29) is 5.41 Å². The molecule has 0 atom stereocenters. The fraction of sp³-hybridized carbons (Fsp3) is 0.684. The van der Waals surface area contributed by atoms with Gasteiger partial charge in [0.15, 0.2) is 11.5 Å². The second kappa shape index (κ2) is 8.55. The van der Waals surface area contributed by atoms with E-state index >= 15 is 0 Å². The Morgan fingerprint density at radius 3 is 2.48 bits per heavy atom. The quantitative estimate of drug-likeness (QED) is 0.719. The van der Waals surface area contributed by atoms with Gasteiger partial charge in [-0.1, -0.05) is 26.8 Å². The highest BCUT2D eigenvalue weighted by atomic mass is 16.5. The molecule has 0 unspecified atom stereocenters. The van der Waals surface area contributed by atoms with E-state index in [0.717, 1.165) is 63.8 Å². The molecule has 1 aromatic carbocycles. The first kappa shape index (κ1) is 18.1. The van der Waals surface area contributed by atoms with Crippen LogP contribution < -0.4 is 9.47 Å². The summed E-state index contributed by atoms with van der Waals surface area (Å²) in [5.74, 6) is 1.66. The number of hydrogen-bond acceptors (Lipinski definition) is 4. The van der Waals surface area contributed by atoms with Crippen LogP contribution in [-0.2, 0) is 10.2 Å². The molecule has 1 aromatic rings. The normalized spacial score (nSPS) is 16.3. The number of morpholine rings is 1. The summed E-state index contributed by atoms with van der Waals surface area (Å²) in [5, 5.41) is 0. The number of ether oxygens (including phenoxy) is 3. The maximum absolute atomic E-state index is 5.92. The second-order valence-corrected chi connectivity index (χ2v) is 7.13. The van der Waals surface area contributed by atoms with Crippen LogP contribution in [0.1, 0.15) is 39.2 Å². The van der Waals surface area contributed by atoms with Gasteiger partial charge in [0, 0.05) is 13.1 Å². The summed E-state index contributed by atoms with van der Waals surface area (Å²) in [6.07, 6.45) is 2.21. The van der Waals surface area contributed by atoms with Crippen molar-refractivity contribution in [1.82, 2.24) is 4.90 Å². The third-order valence-electron chi connectivity index (χ3n) is 4.26. The maximum atomic E-state index is 5.92. The Morgan fingerprint density at radius 2 is 1.83 bits per heavy atom. The summed E-state index contributed by atoms with van der Waals surface area (Å²) >= 11 is 0. The number of benzene rings is 1. The molecule has 4 nitrogen and oxygen atoms in total. The summed E-state index contributed by atoms with van der Waals surface area (Å²) < 4.78 is 16.8. The van der Waals surface area contributed by atoms with E-state index in [2.05, 4.69) is 37.8 Å². The zero-order valence-corrected chi connectivity index (χ0v) is 15.1. The Bertz CT molecular complexity index is 476. The van der Waals surface area contributed by atoms with Crippen LogP contribution in [0.3, 0.4) is 0 Å². The summed E-state index contributed by atoms with van der Waals surface area (Å²) in [7, 11) is 1.70. The van der Waals surface area contributed by atoms with E-state index in [1.165, 1.54) is 5.56 Å². The van der Waals surface area contributed by atoms with E-state index in [1.807, 2.05) is 6.07 Å². The molecule has 1 heterocycles. The van der Waals surface area contributed by atoms with E-state index in [0.29, 0.717) is 0 Å². The van der Waals surface area contributed by atoms with Crippen molar-refractivity contribution >= 4 is 0 Å². The smallest absolute Gasteiger partial charge is 0.161 e. The lowest BCUT2D eigenvalue weighted by atomic mass is 9.87. The van der Waals surface area contributed by atoms with Crippen molar-refractivity contribution in [3.05, 3.63) is 23.8 Å². The van der Waals surface area contributed by atoms with Crippen LogP contribution in [0.5, 0.6) is 11.5 Å². The van der Waals surface area contributed by atoms with E-state index in [4.69, 9.17) is 14.2 Å². The molecule has 0 aromatic heterocycles. The number of rotatable bonds is 7. The second-order valence-electron chi connectivity index (χ2n) is 7.13. The minimum absolute atomic E-state index is 0.115. The number of hydrogen-bond donors (Lipinski definition) is 0. The molecule has 0 saturated carbocycles. The SMILES string of the molecule is COc1cc(C(C)(C)C)ccc1OCCCCN1CCOCC1. The fourth-order valence-corrected chi connectivity index (χ4v) is 2.70. The Kier molecular flexibility index (Phi) is 6.72. The largest absolute Gasteiger partial charge is 0.493 e. The molecule has 0 aliphatic carbocycles. The van der Waals surface area contributed by atoms with Gasteiger partial charge in [-0.15, -0.1) is 0 Å². The lowest BCUT2D eigenvalue weighted by molar-refractivity contribution is 0.0368. The Labute approximate surface area is 140 Å². The minimum atomic E-state index is 0.115. The lowest BCUT2D eigenvalue weighted by Gasteiger charge is -2.26. The molecule has 0 spiro atoms. The average molecular weight is 321 g/mol. The molecule has 0 N–H and O–H groups in total. The van der Waals surface area contributed by atoms with Crippen molar-refractivity contribution in [3.63, 3.8) is 0 Å². The van der Waals surface area contributed by atoms with Crippen LogP contribution in [0.2, 0.25) is 0 Å². The Balaban J connectivity index is 1.76. The first-order chi connectivity index (χ1) is 11.0. The van der Waals surface area contributed by atoms with Gasteiger partial charge in [-0.25, -0.2) is 0 Å². The Hall–Kier alpha value is -1.26. The topological polar surface area (TPSA) is 30.9 Å². The number of nitrogens with zero attached hydrogens (tertiary/aromatic N) is 1. The number of methoxy groups -OCH3 is 1. The van der Waals surface area contributed by atoms with Crippen LogP contribution in [0.4, 0.5) is 0 Å². The summed E-state index contributed by atoms with van der Waals surface area (Å²) in [4.78, 5) is 2.46. The predicted octanol–water partition coefficient (Wildman–Crippen LogP) is 3.48. The zero-order chi connectivity index (χ0) is 16.7. The van der Waals surface area contributed by atoms with Crippen LogP contribution in [0.15, 0.2) is 18.2 Å². The predicted molar refractivity (Wildman–Crippen MR) is 93.7 cm³/mol. The minimum Gasteiger partial charge on any atom is -0.493 e. The lowest BCUT2D eigenvalue weighted by Crippen LogP contribution is -2.36. The monoisotopic (exact) mass is 321 g/mol. The van der Waals surface area contributed by atoms with E-state index in [1.54, 1.807) is 7.11 Å². The average Bonchev–Trinajstić information content (AvgIpc) is 2.54. The van der Waals surface area contributed by atoms with Gasteiger partial charge in [0.1, 0.15) is 0 Å². The molecular formula is C19H31NO3. The van der Waals surface area contributed by atoms with Crippen LogP contribution >= 0.6 is 0 Å². The van der Waals surface area contributed by atoms with E-state index < -0.39 is 0 Å². The molecule has 1 aliphatic rings. The highest BCUT2D eigenvalue weighted by Gasteiger charge is 2.16. The first-order valence-electron chi connectivity index (χ1n) is 8.62. The molecule has 23 heavy (non-hydrogen) atoms. The highest BCUT2D eigenvalue weighted by Crippen LogP contribution is 2.33. The standard InChI is InChI=1S/C19H31NO3/c1-19(2,3)16-7-8-17(18(15-16)21-4)23-12-6-5-9-20-10-13-22-14-11-20/h7-8,15H,5-6,9-14H2,1-4H3. The molecule has 1 saturated heterocycles. The fourth-order valence-electron chi connectivity index (χ4n) is 2.70. The van der Waals surface area contributed by atoms with Gasteiger partial charge < -0.3 is 14.2 Å². The van der Waals surface area contributed by atoms with Crippen molar-refractivity contribution in [3.8, 4) is 11.5 Å². The third kappa shape index (κ3) is 5.70. The third-order valence-corrected chi connectivity index (χ3v) is 4.26. The summed E-state index contributed by atoms with van der Waals surface area (Å²) in [5.41, 5.74) is 1.37. The first-order valence-corrected chi connectivity index (χ1v) is 8.62. The van der Waals surface area contributed by atoms with Crippen LogP contribution in [0, 0.1) is 0 Å². The zero-order valence-electron chi connectivity index (χ0n) is 15.1. The summed E-state index contributed by atoms with van der Waals surface area (Å²) in [6, 6.07) is 6.25. The molecular weight excluding hydrogens is 290 g/mol. The van der Waals surface area contributed by atoms with Crippen molar-refractivity contribution in [1.29, 1.82) is 0 Å². The molecule has 0 bridgehead atoms. The molecule has 0 amide bonds. The van der Waals surface area contributed by atoms with Gasteiger partial charge in [-0.05, 0) is 42.5 Å². The van der Waals surface area contributed by atoms with Crippen molar-refractivity contribution in [2.24, 2.45) is 0 Å². The van der Waals surface area contributed by atoms with Crippen LogP contribution in [-0.4, -0.2) is 51.5 Å². The van der Waals surface area contributed by atoms with Crippen molar-refractivity contribution < 1.29 is 14.2 Å². The van der Waals surface area contributed by atoms with Gasteiger partial charge in [0.2, 0.25) is 0 Å². The van der Waals surface area contributed by atoms with Gasteiger partial charge in [-0.2, -0.15) is 0 Å². The van der Waals surface area contributed by atoms with Crippen LogP contribution in [0.25, 0.3) is 0 Å². The highest BCUT2D eigenvalue weighted by molar-refractivity contribution is 5.44. The molecule has 2 rings (SSSR count). The van der Waals surface area contributed by atoms with Gasteiger partial charge in [-0.3, -0.25) is 4.90 Å². The molecule has 4 heteroatoms. The van der Waals surface area contributed by atoms with Crippen molar-refractivity contribution in [2.75, 3.05) is 46.6 Å². The molecule has 0 radical (unpaired) electrons. The molecule has 130 valence electrons. The number of unbranched alkanes of at least 4 members (excludes halogenated alkanes) is 1. The molecule has 1 aliphatic heterocycles. The van der Waals surface area contributed by atoms with Crippen molar-refractivity contribution in [2.45, 2.75) is 39.0 Å².